The summed E-state index contributed by atoms with van der Waals surface area (Å²) in [6, 6.07) is 16.7. The predicted molar refractivity (Wildman–Crippen MR) is 100 cm³/mol. The Morgan fingerprint density at radius 1 is 1.13 bits per heavy atom. The summed E-state index contributed by atoms with van der Waals surface area (Å²) in [6.07, 6.45) is 2.45. The first-order chi connectivity index (χ1) is 11.2. The largest absolute Gasteiger partial charge is 0.313 e. The molecule has 1 heterocycles. The molecule has 2 nitrogen and oxygen atoms in total. The number of aromatic nitrogens is 1. The molecule has 5 heteroatoms. The summed E-state index contributed by atoms with van der Waals surface area (Å²) >= 11 is 11.3. The van der Waals surface area contributed by atoms with E-state index in [1.54, 1.807) is 11.3 Å². The van der Waals surface area contributed by atoms with Crippen LogP contribution in [0, 0.1) is 0 Å². The van der Waals surface area contributed by atoms with Crippen LogP contribution in [-0.4, -0.2) is 4.57 Å². The zero-order valence-electron chi connectivity index (χ0n) is 12.2. The van der Waals surface area contributed by atoms with Gasteiger partial charge in [-0.05, 0) is 48.7 Å². The molecule has 2 aromatic carbocycles. The molecule has 1 aromatic heterocycles. The van der Waals surface area contributed by atoms with Crippen LogP contribution in [0.3, 0.4) is 0 Å². The Kier molecular flexibility index (Phi) is 4.14. The summed E-state index contributed by atoms with van der Waals surface area (Å²) in [4.78, 5) is 5.85. The van der Waals surface area contributed by atoms with Gasteiger partial charge in [0, 0.05) is 20.9 Å². The van der Waals surface area contributed by atoms with Gasteiger partial charge in [0.1, 0.15) is 0 Å². The van der Waals surface area contributed by atoms with E-state index in [2.05, 4.69) is 50.1 Å². The van der Waals surface area contributed by atoms with Gasteiger partial charge in [0.05, 0.1) is 11.4 Å². The zero-order chi connectivity index (χ0) is 15.8. The molecule has 0 amide bonds. The highest BCUT2D eigenvalue weighted by Crippen LogP contribution is 2.38. The van der Waals surface area contributed by atoms with E-state index in [1.165, 1.54) is 24.1 Å². The van der Waals surface area contributed by atoms with Crippen LogP contribution in [0.1, 0.15) is 18.9 Å². The molecule has 0 spiro atoms. The van der Waals surface area contributed by atoms with Gasteiger partial charge in [-0.1, -0.05) is 45.7 Å². The number of rotatable bonds is 3. The Morgan fingerprint density at radius 3 is 2.61 bits per heavy atom. The van der Waals surface area contributed by atoms with E-state index in [4.69, 9.17) is 16.6 Å². The maximum absolute atomic E-state index is 6.07. The van der Waals surface area contributed by atoms with Crippen LogP contribution in [0.15, 0.2) is 63.4 Å². The lowest BCUT2D eigenvalue weighted by Gasteiger charge is -2.07. The molecule has 23 heavy (non-hydrogen) atoms. The van der Waals surface area contributed by atoms with Gasteiger partial charge in [-0.3, -0.25) is 0 Å². The van der Waals surface area contributed by atoms with Crippen LogP contribution in [0.25, 0.3) is 11.3 Å². The molecule has 1 fully saturated rings. The van der Waals surface area contributed by atoms with Crippen molar-refractivity contribution >= 4 is 44.6 Å². The van der Waals surface area contributed by atoms with Gasteiger partial charge in [-0.2, -0.15) is 0 Å². The van der Waals surface area contributed by atoms with Crippen molar-refractivity contribution in [2.75, 3.05) is 0 Å². The smallest absolute Gasteiger partial charge is 0.190 e. The molecule has 0 atom stereocenters. The Bertz CT molecular complexity index is 907. The third kappa shape index (κ3) is 3.30. The van der Waals surface area contributed by atoms with Crippen LogP contribution < -0.4 is 4.80 Å². The number of hydrogen-bond donors (Lipinski definition) is 0. The van der Waals surface area contributed by atoms with Crippen molar-refractivity contribution in [2.45, 2.75) is 18.9 Å². The molecule has 0 saturated heterocycles. The van der Waals surface area contributed by atoms with Crippen molar-refractivity contribution in [1.82, 2.24) is 4.57 Å². The topological polar surface area (TPSA) is 17.3 Å². The average molecular weight is 406 g/mol. The average Bonchev–Trinajstić information content (AvgIpc) is 3.30. The second-order valence-electron chi connectivity index (χ2n) is 5.60. The fourth-order valence-corrected chi connectivity index (χ4v) is 4.01. The van der Waals surface area contributed by atoms with Crippen molar-refractivity contribution in [3.63, 3.8) is 0 Å². The fourth-order valence-electron chi connectivity index (χ4n) is 2.57. The van der Waals surface area contributed by atoms with E-state index >= 15 is 0 Å². The summed E-state index contributed by atoms with van der Waals surface area (Å²) < 4.78 is 3.47. The minimum atomic E-state index is 0.567. The third-order valence-corrected chi connectivity index (χ3v) is 5.43. The molecule has 0 bridgehead atoms. The lowest BCUT2D eigenvalue weighted by atomic mass is 10.2. The predicted octanol–water partition coefficient (Wildman–Crippen LogP) is 6.20. The van der Waals surface area contributed by atoms with E-state index in [0.29, 0.717) is 11.1 Å². The third-order valence-electron chi connectivity index (χ3n) is 3.83. The lowest BCUT2D eigenvalue weighted by molar-refractivity contribution is 0.725. The normalized spacial score (nSPS) is 15.1. The molecule has 0 unspecified atom stereocenters. The van der Waals surface area contributed by atoms with E-state index in [1.807, 2.05) is 24.3 Å². The maximum Gasteiger partial charge on any atom is 0.190 e. The lowest BCUT2D eigenvalue weighted by Crippen LogP contribution is -2.14. The SMILES string of the molecule is Clc1cccc(N=c2scc(-c3ccc(Br)cc3)n2C2CC2)c1. The molecule has 4 rings (SSSR count). The van der Waals surface area contributed by atoms with Gasteiger partial charge >= 0.3 is 0 Å². The summed E-state index contributed by atoms with van der Waals surface area (Å²) in [5.41, 5.74) is 3.37. The van der Waals surface area contributed by atoms with Gasteiger partial charge in [-0.15, -0.1) is 11.3 Å². The highest BCUT2D eigenvalue weighted by Gasteiger charge is 2.27. The van der Waals surface area contributed by atoms with Crippen molar-refractivity contribution < 1.29 is 0 Å². The van der Waals surface area contributed by atoms with Gasteiger partial charge in [0.25, 0.3) is 0 Å². The second-order valence-corrected chi connectivity index (χ2v) is 7.79. The quantitative estimate of drug-likeness (QED) is 0.493. The van der Waals surface area contributed by atoms with Crippen LogP contribution in [0.2, 0.25) is 5.02 Å². The first-order valence-electron chi connectivity index (χ1n) is 7.47. The van der Waals surface area contributed by atoms with Crippen molar-refractivity contribution in [3.05, 3.63) is 68.2 Å². The Morgan fingerprint density at radius 2 is 1.91 bits per heavy atom. The standard InChI is InChI=1S/C18H14BrClN2S/c19-13-6-4-12(5-7-13)17-11-23-18(22(17)16-8-9-16)21-15-3-1-2-14(20)10-15/h1-7,10-11,16H,8-9H2. The Balaban J connectivity index is 1.84. The summed E-state index contributed by atoms with van der Waals surface area (Å²) in [6.45, 7) is 0. The summed E-state index contributed by atoms with van der Waals surface area (Å²) in [5.74, 6) is 0. The molecule has 3 aromatic rings. The Labute approximate surface area is 152 Å². The van der Waals surface area contributed by atoms with Crippen LogP contribution in [0.4, 0.5) is 5.69 Å². The molecule has 0 aliphatic heterocycles. The van der Waals surface area contributed by atoms with E-state index in [-0.39, 0.29) is 0 Å². The van der Waals surface area contributed by atoms with E-state index in [9.17, 15) is 0 Å². The zero-order valence-corrected chi connectivity index (χ0v) is 15.4. The molecule has 1 saturated carbocycles. The fraction of sp³-hybridized carbons (Fsp3) is 0.167. The number of benzene rings is 2. The van der Waals surface area contributed by atoms with Crippen LogP contribution >= 0.6 is 38.9 Å². The molecule has 0 N–H and O–H groups in total. The van der Waals surface area contributed by atoms with Gasteiger partial charge in [0.2, 0.25) is 0 Å². The number of nitrogens with zero attached hydrogens (tertiary/aromatic N) is 2. The summed E-state index contributed by atoms with van der Waals surface area (Å²) in [5, 5.41) is 2.92. The first-order valence-corrected chi connectivity index (χ1v) is 9.52. The molecule has 0 radical (unpaired) electrons. The van der Waals surface area contributed by atoms with Crippen LogP contribution in [0.5, 0.6) is 0 Å². The number of halogens is 2. The van der Waals surface area contributed by atoms with Crippen molar-refractivity contribution in [2.24, 2.45) is 4.99 Å². The van der Waals surface area contributed by atoms with Gasteiger partial charge in [-0.25, -0.2) is 4.99 Å². The maximum atomic E-state index is 6.07. The minimum Gasteiger partial charge on any atom is -0.313 e. The van der Waals surface area contributed by atoms with Gasteiger partial charge < -0.3 is 4.57 Å². The first kappa shape index (κ1) is 15.2. The number of thiazole rings is 1. The van der Waals surface area contributed by atoms with Crippen LogP contribution in [-0.2, 0) is 0 Å². The van der Waals surface area contributed by atoms with Crippen molar-refractivity contribution in [3.8, 4) is 11.3 Å². The number of hydrogen-bond acceptors (Lipinski definition) is 2. The van der Waals surface area contributed by atoms with E-state index in [0.717, 1.165) is 15.0 Å². The van der Waals surface area contributed by atoms with Gasteiger partial charge in [0.15, 0.2) is 4.80 Å². The molecule has 116 valence electrons. The molecule has 1 aliphatic rings. The van der Waals surface area contributed by atoms with Crippen molar-refractivity contribution in [1.29, 1.82) is 0 Å². The highest BCUT2D eigenvalue weighted by atomic mass is 79.9. The second kappa shape index (κ2) is 6.27. The summed E-state index contributed by atoms with van der Waals surface area (Å²) in [7, 11) is 0. The molecule has 1 aliphatic carbocycles. The minimum absolute atomic E-state index is 0.567. The Hall–Kier alpha value is -1.36. The highest BCUT2D eigenvalue weighted by molar-refractivity contribution is 9.10. The molecular weight excluding hydrogens is 392 g/mol. The van der Waals surface area contributed by atoms with E-state index < -0.39 is 0 Å². The molecular formula is C18H14BrClN2S. The monoisotopic (exact) mass is 404 g/mol.